The fourth-order valence-corrected chi connectivity index (χ4v) is 3.39. The van der Waals surface area contributed by atoms with Crippen molar-refractivity contribution in [3.63, 3.8) is 0 Å². The van der Waals surface area contributed by atoms with E-state index in [1.807, 2.05) is 29.2 Å². The molecule has 1 aliphatic rings. The van der Waals surface area contributed by atoms with Crippen LogP contribution in [0.4, 0.5) is 5.82 Å². The van der Waals surface area contributed by atoms with Crippen LogP contribution in [-0.4, -0.2) is 46.7 Å². The van der Waals surface area contributed by atoms with Gasteiger partial charge in [0.2, 0.25) is 0 Å². The first-order valence-corrected chi connectivity index (χ1v) is 8.74. The number of piperazine rings is 1. The number of aldehydes is 1. The minimum absolute atomic E-state index is 0.130. The van der Waals surface area contributed by atoms with Gasteiger partial charge in [0.05, 0.1) is 0 Å². The molecule has 0 bridgehead atoms. The van der Waals surface area contributed by atoms with Gasteiger partial charge in [0.1, 0.15) is 17.0 Å². The lowest BCUT2D eigenvalue weighted by Gasteiger charge is -2.35. The molecule has 0 saturated carbocycles. The Hall–Kier alpha value is -2.99. The molecule has 0 N–H and O–H groups in total. The summed E-state index contributed by atoms with van der Waals surface area (Å²) in [5.41, 5.74) is 1.67. The molecule has 0 atom stereocenters. The molecule has 0 aliphatic carbocycles. The molecule has 1 fully saturated rings. The van der Waals surface area contributed by atoms with Crippen LogP contribution in [0.2, 0.25) is 0 Å². The Morgan fingerprint density at radius 2 is 1.69 bits per heavy atom. The molecule has 1 aliphatic heterocycles. The van der Waals surface area contributed by atoms with E-state index >= 15 is 0 Å². The highest BCUT2D eigenvalue weighted by atomic mass is 16.1. The molecule has 4 rings (SSSR count). The maximum atomic E-state index is 12.6. The molecule has 0 radical (unpaired) electrons. The fourth-order valence-electron chi connectivity index (χ4n) is 3.39. The quantitative estimate of drug-likeness (QED) is 0.673. The monoisotopic (exact) mass is 348 g/mol. The van der Waals surface area contributed by atoms with Gasteiger partial charge < -0.3 is 4.90 Å². The third kappa shape index (κ3) is 3.11. The van der Waals surface area contributed by atoms with Crippen LogP contribution in [0.1, 0.15) is 15.9 Å². The summed E-state index contributed by atoms with van der Waals surface area (Å²) in [4.78, 5) is 33.1. The minimum atomic E-state index is -0.313. The van der Waals surface area contributed by atoms with Crippen LogP contribution in [0.5, 0.6) is 0 Å². The van der Waals surface area contributed by atoms with Crippen LogP contribution in [-0.2, 0) is 6.54 Å². The number of fused-ring (bicyclic) bond motifs is 1. The number of carbonyl (C=O) groups excluding carboxylic acids is 1. The Kier molecular flexibility index (Phi) is 4.50. The van der Waals surface area contributed by atoms with Gasteiger partial charge in [0.15, 0.2) is 6.29 Å². The summed E-state index contributed by atoms with van der Waals surface area (Å²) in [7, 11) is 0. The summed E-state index contributed by atoms with van der Waals surface area (Å²) in [5.74, 6) is 0.496. The average Bonchev–Trinajstić information content (AvgIpc) is 2.69. The first-order chi connectivity index (χ1) is 12.8. The maximum absolute atomic E-state index is 12.6. The molecular weight excluding hydrogens is 328 g/mol. The van der Waals surface area contributed by atoms with Crippen molar-refractivity contribution in [3.05, 3.63) is 76.2 Å². The number of benzene rings is 1. The number of hydrogen-bond donors (Lipinski definition) is 0. The highest BCUT2D eigenvalue weighted by Gasteiger charge is 2.22. The number of rotatable bonds is 4. The van der Waals surface area contributed by atoms with Gasteiger partial charge in [-0.25, -0.2) is 4.98 Å². The van der Waals surface area contributed by atoms with Crippen molar-refractivity contribution >= 4 is 17.8 Å². The lowest BCUT2D eigenvalue weighted by atomic mass is 10.2. The largest absolute Gasteiger partial charge is 0.353 e. The average molecular weight is 348 g/mol. The number of pyridine rings is 1. The molecule has 6 nitrogen and oxygen atoms in total. The van der Waals surface area contributed by atoms with Gasteiger partial charge in [0.25, 0.3) is 5.56 Å². The standard InChI is InChI=1S/C20H20N4O2/c25-15-17-19(21-18-8-4-5-9-24(18)20(17)26)23-12-10-22(11-13-23)14-16-6-2-1-3-7-16/h1-9,15H,10-14H2. The van der Waals surface area contributed by atoms with Crippen molar-refractivity contribution in [2.24, 2.45) is 0 Å². The molecule has 0 unspecified atom stereocenters. The van der Waals surface area contributed by atoms with E-state index in [1.165, 1.54) is 9.96 Å². The zero-order valence-corrected chi connectivity index (χ0v) is 14.4. The summed E-state index contributed by atoms with van der Waals surface area (Å²) in [6.45, 7) is 4.11. The Labute approximate surface area is 151 Å². The molecule has 26 heavy (non-hydrogen) atoms. The van der Waals surface area contributed by atoms with Gasteiger partial charge in [-0.15, -0.1) is 0 Å². The number of carbonyl (C=O) groups is 1. The summed E-state index contributed by atoms with van der Waals surface area (Å²) in [6, 6.07) is 15.8. The van der Waals surface area contributed by atoms with Crippen LogP contribution in [0, 0.1) is 0 Å². The van der Waals surface area contributed by atoms with Gasteiger partial charge in [-0.05, 0) is 17.7 Å². The van der Waals surface area contributed by atoms with E-state index in [-0.39, 0.29) is 11.1 Å². The Bertz CT molecular complexity index is 976. The normalized spacial score (nSPS) is 15.3. The molecule has 0 amide bonds. The van der Waals surface area contributed by atoms with E-state index in [0.29, 0.717) is 17.8 Å². The smallest absolute Gasteiger partial charge is 0.270 e. The summed E-state index contributed by atoms with van der Waals surface area (Å²) >= 11 is 0. The molecule has 2 aromatic heterocycles. The lowest BCUT2D eigenvalue weighted by Crippen LogP contribution is -2.47. The summed E-state index contributed by atoms with van der Waals surface area (Å²) < 4.78 is 1.42. The van der Waals surface area contributed by atoms with Crippen molar-refractivity contribution in [3.8, 4) is 0 Å². The van der Waals surface area contributed by atoms with Gasteiger partial charge in [0, 0.05) is 38.9 Å². The van der Waals surface area contributed by atoms with Gasteiger partial charge in [-0.2, -0.15) is 0 Å². The van der Waals surface area contributed by atoms with Crippen molar-refractivity contribution < 1.29 is 4.79 Å². The first-order valence-electron chi connectivity index (χ1n) is 8.74. The van der Waals surface area contributed by atoms with Gasteiger partial charge >= 0.3 is 0 Å². The Balaban J connectivity index is 1.56. The number of nitrogens with zero attached hydrogens (tertiary/aromatic N) is 4. The molecule has 1 aromatic carbocycles. The number of aromatic nitrogens is 2. The van der Waals surface area contributed by atoms with Crippen LogP contribution >= 0.6 is 0 Å². The van der Waals surface area contributed by atoms with E-state index in [2.05, 4.69) is 22.0 Å². The van der Waals surface area contributed by atoms with E-state index in [4.69, 9.17) is 0 Å². The fraction of sp³-hybridized carbons (Fsp3) is 0.250. The van der Waals surface area contributed by atoms with E-state index in [1.54, 1.807) is 18.3 Å². The number of anilines is 1. The second-order valence-corrected chi connectivity index (χ2v) is 6.45. The zero-order valence-electron chi connectivity index (χ0n) is 14.4. The van der Waals surface area contributed by atoms with Gasteiger partial charge in [-0.3, -0.25) is 18.9 Å². The second kappa shape index (κ2) is 7.09. The predicted octanol–water partition coefficient (Wildman–Crippen LogP) is 1.83. The topological polar surface area (TPSA) is 57.9 Å². The van der Waals surface area contributed by atoms with E-state index < -0.39 is 0 Å². The molecule has 1 saturated heterocycles. The second-order valence-electron chi connectivity index (χ2n) is 6.45. The van der Waals surface area contributed by atoms with Crippen molar-refractivity contribution in [1.29, 1.82) is 0 Å². The third-order valence-corrected chi connectivity index (χ3v) is 4.79. The number of hydrogen-bond acceptors (Lipinski definition) is 5. The molecule has 0 spiro atoms. The van der Waals surface area contributed by atoms with E-state index in [9.17, 15) is 9.59 Å². The minimum Gasteiger partial charge on any atom is -0.353 e. The van der Waals surface area contributed by atoms with Crippen LogP contribution in [0.25, 0.3) is 5.65 Å². The third-order valence-electron chi connectivity index (χ3n) is 4.79. The molecule has 3 aromatic rings. The molecular formula is C20H20N4O2. The van der Waals surface area contributed by atoms with Crippen LogP contribution in [0.15, 0.2) is 59.5 Å². The van der Waals surface area contributed by atoms with E-state index in [0.717, 1.165) is 32.7 Å². The van der Waals surface area contributed by atoms with Crippen molar-refractivity contribution in [1.82, 2.24) is 14.3 Å². The van der Waals surface area contributed by atoms with Crippen LogP contribution in [0.3, 0.4) is 0 Å². The molecule has 6 heteroatoms. The Morgan fingerprint density at radius 1 is 0.962 bits per heavy atom. The molecule has 3 heterocycles. The Morgan fingerprint density at radius 3 is 2.42 bits per heavy atom. The predicted molar refractivity (Wildman–Crippen MR) is 101 cm³/mol. The van der Waals surface area contributed by atoms with Crippen molar-refractivity contribution in [2.45, 2.75) is 6.54 Å². The first kappa shape index (κ1) is 16.5. The van der Waals surface area contributed by atoms with Crippen molar-refractivity contribution in [2.75, 3.05) is 31.1 Å². The maximum Gasteiger partial charge on any atom is 0.270 e. The highest BCUT2D eigenvalue weighted by molar-refractivity contribution is 5.83. The zero-order chi connectivity index (χ0) is 17.9. The van der Waals surface area contributed by atoms with Gasteiger partial charge in [-0.1, -0.05) is 36.4 Å². The molecule has 132 valence electrons. The SMILES string of the molecule is O=Cc1c(N2CCN(Cc3ccccc3)CC2)nc2ccccn2c1=O. The summed E-state index contributed by atoms with van der Waals surface area (Å²) in [5, 5.41) is 0. The lowest BCUT2D eigenvalue weighted by molar-refractivity contribution is 0.112. The van der Waals surface area contributed by atoms with Crippen LogP contribution < -0.4 is 10.5 Å². The summed E-state index contributed by atoms with van der Waals surface area (Å²) in [6.07, 6.45) is 2.26. The highest BCUT2D eigenvalue weighted by Crippen LogP contribution is 2.18.